The highest BCUT2D eigenvalue weighted by molar-refractivity contribution is 7.15. The van der Waals surface area contributed by atoms with Gasteiger partial charge in [-0.05, 0) is 19.3 Å². The third kappa shape index (κ3) is 3.40. The van der Waals surface area contributed by atoms with Crippen molar-refractivity contribution in [3.05, 3.63) is 5.01 Å². The van der Waals surface area contributed by atoms with Gasteiger partial charge >= 0.3 is 0 Å². The lowest BCUT2D eigenvalue weighted by atomic mass is 10.1. The van der Waals surface area contributed by atoms with Gasteiger partial charge in [-0.1, -0.05) is 11.3 Å². The fraction of sp³-hybridized carbons (Fsp3) is 0.778. The van der Waals surface area contributed by atoms with Crippen molar-refractivity contribution in [1.82, 2.24) is 10.2 Å². The Morgan fingerprint density at radius 3 is 3.07 bits per heavy atom. The topological polar surface area (TPSA) is 70.3 Å². The number of nitrogen functional groups attached to an aromatic ring is 1. The van der Waals surface area contributed by atoms with E-state index < -0.39 is 0 Å². The molecule has 1 saturated heterocycles. The Kier molecular flexibility index (Phi) is 3.87. The molecule has 1 aliphatic rings. The molecule has 1 unspecified atom stereocenters. The van der Waals surface area contributed by atoms with E-state index in [1.165, 1.54) is 24.2 Å². The number of nitrogens with zero attached hydrogens (tertiary/aromatic N) is 2. The third-order valence-electron chi connectivity index (χ3n) is 2.29. The molecule has 1 atom stereocenters. The molecule has 1 aromatic rings. The smallest absolute Gasteiger partial charge is 0.203 e. The average Bonchev–Trinajstić information content (AvgIpc) is 2.66. The molecule has 6 heteroatoms. The summed E-state index contributed by atoms with van der Waals surface area (Å²) in [6.45, 7) is 1.98. The Morgan fingerprint density at radius 2 is 2.40 bits per heavy atom. The van der Waals surface area contributed by atoms with Crippen LogP contribution in [0.1, 0.15) is 24.3 Å². The largest absolute Gasteiger partial charge is 0.376 e. The molecule has 5 nitrogen and oxygen atoms in total. The summed E-state index contributed by atoms with van der Waals surface area (Å²) in [5.74, 6) is 0. The van der Waals surface area contributed by atoms with Crippen LogP contribution in [0, 0.1) is 0 Å². The van der Waals surface area contributed by atoms with Crippen LogP contribution in [0.15, 0.2) is 0 Å². The molecule has 1 fully saturated rings. The van der Waals surface area contributed by atoms with Crippen molar-refractivity contribution in [2.75, 3.05) is 18.9 Å². The third-order valence-corrected chi connectivity index (χ3v) is 3.01. The molecule has 2 heterocycles. The molecule has 1 aromatic heterocycles. The SMILES string of the molecule is Nc1nnc(COCC2CCCCO2)s1. The summed E-state index contributed by atoms with van der Waals surface area (Å²) in [4.78, 5) is 0. The van der Waals surface area contributed by atoms with Crippen molar-refractivity contribution in [3.8, 4) is 0 Å². The molecule has 0 saturated carbocycles. The molecular formula is C9H15N3O2S. The van der Waals surface area contributed by atoms with Crippen LogP contribution < -0.4 is 5.73 Å². The van der Waals surface area contributed by atoms with Crippen LogP contribution in [-0.2, 0) is 16.1 Å². The van der Waals surface area contributed by atoms with Crippen LogP contribution in [0.2, 0.25) is 0 Å². The fourth-order valence-corrected chi connectivity index (χ4v) is 2.09. The van der Waals surface area contributed by atoms with Gasteiger partial charge in [0.2, 0.25) is 5.13 Å². The van der Waals surface area contributed by atoms with Gasteiger partial charge in [0.1, 0.15) is 11.6 Å². The highest BCUT2D eigenvalue weighted by atomic mass is 32.1. The first kappa shape index (κ1) is 10.8. The second-order valence-electron chi connectivity index (χ2n) is 3.54. The van der Waals surface area contributed by atoms with Gasteiger partial charge < -0.3 is 15.2 Å². The number of ether oxygens (including phenoxy) is 2. The molecular weight excluding hydrogens is 214 g/mol. The molecule has 1 aliphatic heterocycles. The van der Waals surface area contributed by atoms with Crippen LogP contribution in [0.3, 0.4) is 0 Å². The monoisotopic (exact) mass is 229 g/mol. The van der Waals surface area contributed by atoms with Crippen molar-refractivity contribution in [2.24, 2.45) is 0 Å². The van der Waals surface area contributed by atoms with Gasteiger partial charge in [0, 0.05) is 6.61 Å². The lowest BCUT2D eigenvalue weighted by molar-refractivity contribution is -0.0448. The summed E-state index contributed by atoms with van der Waals surface area (Å²) in [6.07, 6.45) is 3.76. The Balaban J connectivity index is 1.65. The van der Waals surface area contributed by atoms with E-state index in [4.69, 9.17) is 15.2 Å². The van der Waals surface area contributed by atoms with E-state index in [-0.39, 0.29) is 6.10 Å². The lowest BCUT2D eigenvalue weighted by Crippen LogP contribution is -2.24. The fourth-order valence-electron chi connectivity index (χ4n) is 1.54. The van der Waals surface area contributed by atoms with E-state index >= 15 is 0 Å². The van der Waals surface area contributed by atoms with Gasteiger partial charge in [-0.15, -0.1) is 10.2 Å². The summed E-state index contributed by atoms with van der Waals surface area (Å²) in [5.41, 5.74) is 5.46. The maximum absolute atomic E-state index is 5.54. The number of rotatable bonds is 4. The van der Waals surface area contributed by atoms with Gasteiger partial charge in [-0.2, -0.15) is 0 Å². The Bertz CT molecular complexity index is 299. The number of hydrogen-bond donors (Lipinski definition) is 1. The maximum atomic E-state index is 5.54. The molecule has 2 N–H and O–H groups in total. The van der Waals surface area contributed by atoms with Gasteiger partial charge in [0.25, 0.3) is 0 Å². The van der Waals surface area contributed by atoms with Gasteiger partial charge in [0.05, 0.1) is 12.7 Å². The van der Waals surface area contributed by atoms with E-state index in [9.17, 15) is 0 Å². The molecule has 0 radical (unpaired) electrons. The van der Waals surface area contributed by atoms with Crippen LogP contribution in [0.25, 0.3) is 0 Å². The standard InChI is InChI=1S/C9H15N3O2S/c10-9-12-11-8(15-9)6-13-5-7-3-1-2-4-14-7/h7H,1-6H2,(H2,10,12). The lowest BCUT2D eigenvalue weighted by Gasteiger charge is -2.21. The van der Waals surface area contributed by atoms with Crippen molar-refractivity contribution >= 4 is 16.5 Å². The predicted octanol–water partition coefficient (Wildman–Crippen LogP) is 1.21. The molecule has 0 aromatic carbocycles. The van der Waals surface area contributed by atoms with Crippen LogP contribution in [0.4, 0.5) is 5.13 Å². The average molecular weight is 229 g/mol. The maximum Gasteiger partial charge on any atom is 0.203 e. The Morgan fingerprint density at radius 1 is 1.47 bits per heavy atom. The summed E-state index contributed by atoms with van der Waals surface area (Å²) >= 11 is 1.36. The zero-order valence-electron chi connectivity index (χ0n) is 8.52. The van der Waals surface area contributed by atoms with E-state index in [1.807, 2.05) is 0 Å². The van der Waals surface area contributed by atoms with E-state index in [0.717, 1.165) is 18.0 Å². The number of hydrogen-bond acceptors (Lipinski definition) is 6. The summed E-state index contributed by atoms with van der Waals surface area (Å²) in [6, 6.07) is 0. The first-order valence-electron chi connectivity index (χ1n) is 5.12. The van der Waals surface area contributed by atoms with Crippen molar-refractivity contribution < 1.29 is 9.47 Å². The highest BCUT2D eigenvalue weighted by Crippen LogP contribution is 2.15. The number of anilines is 1. The van der Waals surface area contributed by atoms with Crippen molar-refractivity contribution in [3.63, 3.8) is 0 Å². The first-order valence-corrected chi connectivity index (χ1v) is 5.93. The molecule has 84 valence electrons. The van der Waals surface area contributed by atoms with Gasteiger partial charge in [-0.3, -0.25) is 0 Å². The molecule has 0 aliphatic carbocycles. The quantitative estimate of drug-likeness (QED) is 0.840. The van der Waals surface area contributed by atoms with Crippen molar-refractivity contribution in [1.29, 1.82) is 0 Å². The molecule has 15 heavy (non-hydrogen) atoms. The first-order chi connectivity index (χ1) is 7.34. The summed E-state index contributed by atoms with van der Waals surface area (Å²) < 4.78 is 11.0. The Labute approximate surface area is 92.6 Å². The molecule has 0 bridgehead atoms. The zero-order chi connectivity index (χ0) is 10.5. The summed E-state index contributed by atoms with van der Waals surface area (Å²) in [5, 5.41) is 8.90. The zero-order valence-corrected chi connectivity index (χ0v) is 9.33. The van der Waals surface area contributed by atoms with Crippen LogP contribution >= 0.6 is 11.3 Å². The van der Waals surface area contributed by atoms with Crippen LogP contribution in [-0.4, -0.2) is 29.5 Å². The van der Waals surface area contributed by atoms with Gasteiger partial charge in [-0.25, -0.2) is 0 Å². The van der Waals surface area contributed by atoms with Gasteiger partial charge in [0.15, 0.2) is 0 Å². The minimum Gasteiger partial charge on any atom is -0.376 e. The van der Waals surface area contributed by atoms with Crippen LogP contribution in [0.5, 0.6) is 0 Å². The van der Waals surface area contributed by atoms with E-state index in [1.54, 1.807) is 0 Å². The molecule has 2 rings (SSSR count). The van der Waals surface area contributed by atoms with E-state index in [2.05, 4.69) is 10.2 Å². The predicted molar refractivity (Wildman–Crippen MR) is 57.6 cm³/mol. The minimum atomic E-state index is 0.254. The second kappa shape index (κ2) is 5.39. The molecule has 0 spiro atoms. The Hall–Kier alpha value is -0.720. The molecule has 0 amide bonds. The number of aromatic nitrogens is 2. The normalized spacial score (nSPS) is 21.7. The highest BCUT2D eigenvalue weighted by Gasteiger charge is 2.14. The van der Waals surface area contributed by atoms with E-state index in [0.29, 0.717) is 18.3 Å². The minimum absolute atomic E-state index is 0.254. The summed E-state index contributed by atoms with van der Waals surface area (Å²) in [7, 11) is 0. The van der Waals surface area contributed by atoms with Crippen molar-refractivity contribution in [2.45, 2.75) is 32.0 Å². The second-order valence-corrected chi connectivity index (χ2v) is 4.63. The number of nitrogens with two attached hydrogens (primary N) is 1.